The Hall–Kier alpha value is -5.13. The number of ether oxygens (including phenoxy) is 1. The van der Waals surface area contributed by atoms with E-state index < -0.39 is 26.2 Å². The molecule has 6 rings (SSSR count). The first-order chi connectivity index (χ1) is 29.5. The van der Waals surface area contributed by atoms with E-state index in [-0.39, 0.29) is 68.1 Å². The van der Waals surface area contributed by atoms with E-state index in [0.29, 0.717) is 0 Å². The first-order valence-corrected chi connectivity index (χ1v) is 23.4. The molecule has 5 aromatic rings. The average Bonchev–Trinajstić information content (AvgIpc) is 3.22. The number of fused-ring (bicyclic) bond motifs is 2. The minimum atomic E-state index is -4.26. The number of nitrogens with zero attached hydrogens (tertiary/aromatic N) is 5. The average molecular weight is 884 g/mol. The van der Waals surface area contributed by atoms with Gasteiger partial charge in [0, 0.05) is 71.7 Å². The number of hydrogen-bond acceptors (Lipinski definition) is 13. The van der Waals surface area contributed by atoms with Crippen LogP contribution >= 0.6 is 0 Å². The number of anilines is 2. The van der Waals surface area contributed by atoms with E-state index in [1.807, 2.05) is 70.0 Å². The Balaban J connectivity index is 1.48. The summed E-state index contributed by atoms with van der Waals surface area (Å²) in [6.45, 7) is 6.07. The molecular weight excluding hydrogens is 827 g/mol. The second-order valence-corrected chi connectivity index (χ2v) is 19.0. The fraction of sp³-hybridized carbons (Fsp3) is 0.340. The molecule has 13 nitrogen and oxygen atoms in total. The van der Waals surface area contributed by atoms with E-state index in [2.05, 4.69) is 48.5 Å². The van der Waals surface area contributed by atoms with Crippen LogP contribution in [0.4, 0.5) is 11.4 Å². The Morgan fingerprint density at radius 1 is 0.581 bits per heavy atom. The summed E-state index contributed by atoms with van der Waals surface area (Å²) in [6, 6.07) is 35.7. The third kappa shape index (κ3) is 12.3. The van der Waals surface area contributed by atoms with E-state index >= 15 is 0 Å². The van der Waals surface area contributed by atoms with Crippen LogP contribution in [-0.4, -0.2) is 105 Å². The monoisotopic (exact) mass is 883 g/mol. The Labute approximate surface area is 367 Å². The minimum absolute atomic E-state index is 0.0111. The summed E-state index contributed by atoms with van der Waals surface area (Å²) in [6.07, 6.45) is 0. The van der Waals surface area contributed by atoms with Crippen molar-refractivity contribution in [3.63, 3.8) is 0 Å². The molecule has 62 heavy (non-hydrogen) atoms. The van der Waals surface area contributed by atoms with Gasteiger partial charge in [-0.15, -0.1) is 0 Å². The SMILES string of the molecule is CCOC(=O)CN1CCN(OS(=O)(=O)c2ccc(C)cc2)Cc2cc(cc(C(c3ccc(N(C)C)cc3)c3ccc(N(C)C)cc3)c2)CN(OS(=O)(=O)c2ccc(C)cc2)CC1. The van der Waals surface area contributed by atoms with Crippen LogP contribution in [0.5, 0.6) is 0 Å². The molecule has 330 valence electrons. The number of hydrogen-bond donors (Lipinski definition) is 0. The molecule has 0 saturated heterocycles. The van der Waals surface area contributed by atoms with Gasteiger partial charge in [0.25, 0.3) is 0 Å². The molecular formula is C47H57N5O8S2. The smallest absolute Gasteiger partial charge is 0.320 e. The van der Waals surface area contributed by atoms with Crippen molar-refractivity contribution < 1.29 is 34.9 Å². The van der Waals surface area contributed by atoms with Gasteiger partial charge in [0.1, 0.15) is 0 Å². The molecule has 15 heteroatoms. The third-order valence-corrected chi connectivity index (χ3v) is 13.1. The molecule has 0 atom stereocenters. The molecule has 0 fully saturated rings. The lowest BCUT2D eigenvalue weighted by atomic mass is 9.83. The van der Waals surface area contributed by atoms with Gasteiger partial charge in [-0.05, 0) is 97.1 Å². The zero-order valence-corrected chi connectivity index (χ0v) is 38.2. The maximum Gasteiger partial charge on any atom is 0.320 e. The van der Waals surface area contributed by atoms with Gasteiger partial charge in [-0.2, -0.15) is 35.5 Å². The Morgan fingerprint density at radius 2 is 0.984 bits per heavy atom. The summed E-state index contributed by atoms with van der Waals surface area (Å²) in [5.41, 5.74) is 8.28. The van der Waals surface area contributed by atoms with E-state index in [0.717, 1.165) is 50.3 Å². The van der Waals surface area contributed by atoms with E-state index in [4.69, 9.17) is 13.3 Å². The third-order valence-electron chi connectivity index (χ3n) is 10.6. The molecule has 0 saturated carbocycles. The zero-order chi connectivity index (χ0) is 44.6. The maximum absolute atomic E-state index is 13.8. The van der Waals surface area contributed by atoms with Crippen LogP contribution in [0.2, 0.25) is 0 Å². The zero-order valence-electron chi connectivity index (χ0n) is 36.5. The van der Waals surface area contributed by atoms with Crippen LogP contribution in [0.1, 0.15) is 51.8 Å². The summed E-state index contributed by atoms with van der Waals surface area (Å²) in [4.78, 5) is 18.7. The molecule has 1 heterocycles. The van der Waals surface area contributed by atoms with Gasteiger partial charge in [0.05, 0.1) is 36.0 Å². The Kier molecular flexibility index (Phi) is 15.2. The fourth-order valence-electron chi connectivity index (χ4n) is 7.28. The molecule has 0 spiro atoms. The van der Waals surface area contributed by atoms with Crippen molar-refractivity contribution in [2.24, 2.45) is 0 Å². The van der Waals surface area contributed by atoms with Gasteiger partial charge in [-0.3, -0.25) is 9.69 Å². The van der Waals surface area contributed by atoms with E-state index in [9.17, 15) is 21.6 Å². The highest BCUT2D eigenvalue weighted by molar-refractivity contribution is 7.87. The Bertz CT molecular complexity index is 2340. The predicted octanol–water partition coefficient (Wildman–Crippen LogP) is 6.74. The summed E-state index contributed by atoms with van der Waals surface area (Å²) in [5.74, 6) is -0.748. The minimum Gasteiger partial charge on any atom is -0.465 e. The van der Waals surface area contributed by atoms with Crippen LogP contribution in [-0.2, 0) is 51.4 Å². The lowest BCUT2D eigenvalue weighted by molar-refractivity contribution is -0.145. The maximum atomic E-state index is 13.8. The predicted molar refractivity (Wildman–Crippen MR) is 242 cm³/mol. The summed E-state index contributed by atoms with van der Waals surface area (Å²) in [7, 11) is -0.557. The second kappa shape index (κ2) is 20.4. The quantitative estimate of drug-likeness (QED) is 0.0864. The van der Waals surface area contributed by atoms with Crippen LogP contribution in [0.3, 0.4) is 0 Å². The first-order valence-electron chi connectivity index (χ1n) is 20.6. The number of esters is 1. The highest BCUT2D eigenvalue weighted by Gasteiger charge is 2.28. The molecule has 0 aromatic heterocycles. The van der Waals surface area contributed by atoms with Gasteiger partial charge in [-0.1, -0.05) is 77.9 Å². The molecule has 0 amide bonds. The molecule has 5 aromatic carbocycles. The highest BCUT2D eigenvalue weighted by atomic mass is 32.2. The number of carbonyl (C=O) groups excluding carboxylic acids is 1. The van der Waals surface area contributed by atoms with Crippen molar-refractivity contribution in [1.29, 1.82) is 0 Å². The largest absolute Gasteiger partial charge is 0.465 e. The summed E-state index contributed by atoms with van der Waals surface area (Å²) < 4.78 is 72.4. The second-order valence-electron chi connectivity index (χ2n) is 16.0. The molecule has 1 aliphatic rings. The van der Waals surface area contributed by atoms with Gasteiger partial charge < -0.3 is 14.5 Å². The van der Waals surface area contributed by atoms with Gasteiger partial charge in [0.15, 0.2) is 0 Å². The molecule has 0 N–H and O–H groups in total. The topological polar surface area (TPSA) is 129 Å². The normalized spacial score (nSPS) is 14.8. The van der Waals surface area contributed by atoms with Crippen molar-refractivity contribution in [1.82, 2.24) is 15.0 Å². The van der Waals surface area contributed by atoms with Gasteiger partial charge in [0.2, 0.25) is 0 Å². The van der Waals surface area contributed by atoms with Gasteiger partial charge in [-0.25, -0.2) is 0 Å². The van der Waals surface area contributed by atoms with E-state index in [1.165, 1.54) is 34.4 Å². The van der Waals surface area contributed by atoms with Crippen molar-refractivity contribution in [3.05, 3.63) is 154 Å². The van der Waals surface area contributed by atoms with Crippen LogP contribution in [0.25, 0.3) is 0 Å². The number of carbonyl (C=O) groups is 1. The number of aryl methyl sites for hydroxylation is 2. The summed E-state index contributed by atoms with van der Waals surface area (Å²) >= 11 is 0. The van der Waals surface area contributed by atoms with Crippen LogP contribution < -0.4 is 9.80 Å². The van der Waals surface area contributed by atoms with Crippen molar-refractivity contribution in [3.8, 4) is 0 Å². The standard InChI is InChI=1S/C47H57N5O8S2/c1-8-58-46(53)34-50-25-27-51(59-61(54,55)44-21-9-35(2)10-22-44)32-37-29-38(33-52(28-26-50)60-62(56,57)45-23-11-36(3)12-24-45)31-41(30-37)47(39-13-17-42(18-14-39)48(4)5)40-15-19-43(20-16-40)49(6)7/h9-24,29-31,47H,8,25-28,32-34H2,1-7H3. The van der Waals surface area contributed by atoms with Crippen molar-refractivity contribution >= 4 is 37.6 Å². The highest BCUT2D eigenvalue weighted by Crippen LogP contribution is 2.36. The summed E-state index contributed by atoms with van der Waals surface area (Å²) in [5, 5.41) is 2.81. The Morgan fingerprint density at radius 3 is 1.35 bits per heavy atom. The lowest BCUT2D eigenvalue weighted by Gasteiger charge is -2.30. The van der Waals surface area contributed by atoms with Crippen molar-refractivity contribution in [2.75, 3.05) is 77.3 Å². The fourth-order valence-corrected chi connectivity index (χ4v) is 9.20. The molecule has 0 unspecified atom stereocenters. The molecule has 0 radical (unpaired) electrons. The molecule has 2 bridgehead atoms. The molecule has 0 aliphatic carbocycles. The first kappa shape index (κ1) is 46.4. The van der Waals surface area contributed by atoms with Gasteiger partial charge >= 0.3 is 26.2 Å². The van der Waals surface area contributed by atoms with Crippen LogP contribution in [0, 0.1) is 13.8 Å². The number of benzene rings is 5. The number of rotatable bonds is 14. The van der Waals surface area contributed by atoms with Crippen molar-refractivity contribution in [2.45, 2.75) is 49.6 Å². The number of hydroxylamine groups is 4. The van der Waals surface area contributed by atoms with E-state index in [1.54, 1.807) is 36.1 Å². The lowest BCUT2D eigenvalue weighted by Crippen LogP contribution is -2.43. The molecule has 1 aliphatic heterocycles. The van der Waals surface area contributed by atoms with Crippen LogP contribution in [0.15, 0.2) is 125 Å².